The van der Waals surface area contributed by atoms with Gasteiger partial charge in [-0.15, -0.1) is 6.58 Å². The molecule has 1 rings (SSSR count). The number of rotatable bonds is 10. The molecule has 118 valence electrons. The molecule has 0 atom stereocenters. The summed E-state index contributed by atoms with van der Waals surface area (Å²) in [6.07, 6.45) is 4.00. The van der Waals surface area contributed by atoms with Crippen LogP contribution in [0.2, 0.25) is 0 Å². The standard InChI is InChI=1S/C18H29FN2/c1-5-6-7-10-21(4)14-17-11-16(8-9-18(17)19)13-20-12-15(2)3/h5,8-9,11,15,20H,1,6-7,10,12-14H2,2-4H3. The third-order valence-corrected chi connectivity index (χ3v) is 3.38. The molecule has 0 aliphatic heterocycles. The molecule has 1 aromatic carbocycles. The maximum atomic E-state index is 13.9. The average molecular weight is 292 g/mol. The van der Waals surface area contributed by atoms with Crippen LogP contribution >= 0.6 is 0 Å². The lowest BCUT2D eigenvalue weighted by Gasteiger charge is -2.17. The number of allylic oxidation sites excluding steroid dienone is 1. The van der Waals surface area contributed by atoms with Crippen molar-refractivity contribution in [1.29, 1.82) is 0 Å². The zero-order valence-corrected chi connectivity index (χ0v) is 13.7. The van der Waals surface area contributed by atoms with E-state index in [0.717, 1.165) is 43.6 Å². The van der Waals surface area contributed by atoms with Gasteiger partial charge < -0.3 is 10.2 Å². The zero-order chi connectivity index (χ0) is 15.7. The maximum Gasteiger partial charge on any atom is 0.127 e. The molecule has 1 aromatic rings. The van der Waals surface area contributed by atoms with Crippen LogP contribution in [0, 0.1) is 11.7 Å². The van der Waals surface area contributed by atoms with E-state index >= 15 is 0 Å². The summed E-state index contributed by atoms with van der Waals surface area (Å²) in [5.41, 5.74) is 1.92. The molecule has 1 N–H and O–H groups in total. The van der Waals surface area contributed by atoms with E-state index in [0.29, 0.717) is 12.5 Å². The van der Waals surface area contributed by atoms with Crippen molar-refractivity contribution < 1.29 is 4.39 Å². The first-order valence-electron chi connectivity index (χ1n) is 7.80. The molecule has 0 aliphatic rings. The Morgan fingerprint density at radius 3 is 2.81 bits per heavy atom. The Morgan fingerprint density at radius 1 is 1.38 bits per heavy atom. The Morgan fingerprint density at radius 2 is 2.14 bits per heavy atom. The highest BCUT2D eigenvalue weighted by Crippen LogP contribution is 2.13. The van der Waals surface area contributed by atoms with Crippen LogP contribution in [0.25, 0.3) is 0 Å². The van der Waals surface area contributed by atoms with Crippen LogP contribution in [-0.2, 0) is 13.1 Å². The zero-order valence-electron chi connectivity index (χ0n) is 13.7. The summed E-state index contributed by atoms with van der Waals surface area (Å²) in [6, 6.07) is 5.43. The molecular formula is C18H29FN2. The third kappa shape index (κ3) is 7.39. The Hall–Kier alpha value is -1.19. The minimum Gasteiger partial charge on any atom is -0.312 e. The van der Waals surface area contributed by atoms with Gasteiger partial charge in [0.25, 0.3) is 0 Å². The first-order valence-corrected chi connectivity index (χ1v) is 7.80. The Labute approximate surface area is 129 Å². The summed E-state index contributed by atoms with van der Waals surface area (Å²) in [5, 5.41) is 3.40. The quantitative estimate of drug-likeness (QED) is 0.518. The first kappa shape index (κ1) is 17.9. The second-order valence-electron chi connectivity index (χ2n) is 6.12. The lowest BCUT2D eigenvalue weighted by molar-refractivity contribution is 0.317. The van der Waals surface area contributed by atoms with E-state index in [4.69, 9.17) is 0 Å². The molecule has 0 bridgehead atoms. The van der Waals surface area contributed by atoms with Gasteiger partial charge in [-0.05, 0) is 50.5 Å². The summed E-state index contributed by atoms with van der Waals surface area (Å²) < 4.78 is 13.9. The molecule has 0 radical (unpaired) electrons. The van der Waals surface area contributed by atoms with Gasteiger partial charge in [-0.2, -0.15) is 0 Å². The Kier molecular flexibility index (Phi) is 8.24. The minimum atomic E-state index is -0.113. The third-order valence-electron chi connectivity index (χ3n) is 3.38. The fraction of sp³-hybridized carbons (Fsp3) is 0.556. The molecule has 0 heterocycles. The Balaban J connectivity index is 2.54. The van der Waals surface area contributed by atoms with E-state index in [-0.39, 0.29) is 5.82 Å². The number of benzene rings is 1. The smallest absolute Gasteiger partial charge is 0.127 e. The molecule has 0 saturated carbocycles. The predicted octanol–water partition coefficient (Wildman–Crippen LogP) is 3.97. The number of unbranched alkanes of at least 4 members (excludes halogenated alkanes) is 1. The van der Waals surface area contributed by atoms with Crippen LogP contribution in [0.15, 0.2) is 30.9 Å². The molecule has 0 amide bonds. The molecular weight excluding hydrogens is 263 g/mol. The van der Waals surface area contributed by atoms with E-state index < -0.39 is 0 Å². The second-order valence-corrected chi connectivity index (χ2v) is 6.12. The van der Waals surface area contributed by atoms with Gasteiger partial charge in [-0.25, -0.2) is 4.39 Å². The fourth-order valence-corrected chi connectivity index (χ4v) is 2.24. The van der Waals surface area contributed by atoms with Gasteiger partial charge in [0.15, 0.2) is 0 Å². The molecule has 0 spiro atoms. The van der Waals surface area contributed by atoms with Crippen molar-refractivity contribution in [3.05, 3.63) is 47.8 Å². The highest BCUT2D eigenvalue weighted by Gasteiger charge is 2.07. The highest BCUT2D eigenvalue weighted by atomic mass is 19.1. The van der Waals surface area contributed by atoms with Crippen molar-refractivity contribution >= 4 is 0 Å². The number of nitrogens with zero attached hydrogens (tertiary/aromatic N) is 1. The van der Waals surface area contributed by atoms with Crippen molar-refractivity contribution in [2.75, 3.05) is 20.1 Å². The first-order chi connectivity index (χ1) is 10.0. The number of nitrogens with one attached hydrogen (secondary N) is 1. The van der Waals surface area contributed by atoms with Gasteiger partial charge in [-0.1, -0.05) is 32.1 Å². The second kappa shape index (κ2) is 9.69. The normalized spacial score (nSPS) is 11.3. The minimum absolute atomic E-state index is 0.113. The molecule has 3 heteroatoms. The summed E-state index contributed by atoms with van der Waals surface area (Å²) in [7, 11) is 2.03. The van der Waals surface area contributed by atoms with Gasteiger partial charge in [0.05, 0.1) is 0 Å². The molecule has 21 heavy (non-hydrogen) atoms. The summed E-state index contributed by atoms with van der Waals surface area (Å²) in [6.45, 7) is 11.5. The largest absolute Gasteiger partial charge is 0.312 e. The summed E-state index contributed by atoms with van der Waals surface area (Å²) in [5.74, 6) is 0.513. The van der Waals surface area contributed by atoms with Gasteiger partial charge in [0.2, 0.25) is 0 Å². The number of halogens is 1. The number of hydrogen-bond donors (Lipinski definition) is 1. The summed E-state index contributed by atoms with van der Waals surface area (Å²) in [4.78, 5) is 2.16. The molecule has 0 fully saturated rings. The van der Waals surface area contributed by atoms with E-state index in [1.165, 1.54) is 0 Å². The van der Waals surface area contributed by atoms with E-state index in [1.807, 2.05) is 25.3 Å². The van der Waals surface area contributed by atoms with Gasteiger partial charge in [-0.3, -0.25) is 0 Å². The SMILES string of the molecule is C=CCCCN(C)Cc1cc(CNCC(C)C)ccc1F. The molecule has 0 unspecified atom stereocenters. The molecule has 0 aliphatic carbocycles. The van der Waals surface area contributed by atoms with Gasteiger partial charge in [0, 0.05) is 18.7 Å². The summed E-state index contributed by atoms with van der Waals surface area (Å²) >= 11 is 0. The van der Waals surface area contributed by atoms with Crippen LogP contribution in [0.3, 0.4) is 0 Å². The van der Waals surface area contributed by atoms with Crippen LogP contribution in [0.1, 0.15) is 37.8 Å². The average Bonchev–Trinajstić information content (AvgIpc) is 2.42. The lowest BCUT2D eigenvalue weighted by atomic mass is 10.1. The number of hydrogen-bond acceptors (Lipinski definition) is 2. The van der Waals surface area contributed by atoms with E-state index in [2.05, 4.69) is 30.6 Å². The van der Waals surface area contributed by atoms with Crippen molar-refractivity contribution in [1.82, 2.24) is 10.2 Å². The monoisotopic (exact) mass is 292 g/mol. The topological polar surface area (TPSA) is 15.3 Å². The Bertz CT molecular complexity index is 429. The molecule has 0 aromatic heterocycles. The highest BCUT2D eigenvalue weighted by molar-refractivity contribution is 5.25. The van der Waals surface area contributed by atoms with Crippen molar-refractivity contribution in [2.24, 2.45) is 5.92 Å². The fourth-order valence-electron chi connectivity index (χ4n) is 2.24. The van der Waals surface area contributed by atoms with Crippen molar-refractivity contribution in [2.45, 2.75) is 39.8 Å². The van der Waals surface area contributed by atoms with Crippen molar-refractivity contribution in [3.63, 3.8) is 0 Å². The van der Waals surface area contributed by atoms with Crippen molar-refractivity contribution in [3.8, 4) is 0 Å². The molecule has 2 nitrogen and oxygen atoms in total. The van der Waals surface area contributed by atoms with Crippen LogP contribution in [-0.4, -0.2) is 25.0 Å². The van der Waals surface area contributed by atoms with E-state index in [9.17, 15) is 4.39 Å². The maximum absolute atomic E-state index is 13.9. The van der Waals surface area contributed by atoms with Crippen LogP contribution < -0.4 is 5.32 Å². The molecule has 0 saturated heterocycles. The van der Waals surface area contributed by atoms with Crippen LogP contribution in [0.5, 0.6) is 0 Å². The predicted molar refractivity (Wildman–Crippen MR) is 88.7 cm³/mol. The lowest BCUT2D eigenvalue weighted by Crippen LogP contribution is -2.21. The van der Waals surface area contributed by atoms with Crippen LogP contribution in [0.4, 0.5) is 4.39 Å². The van der Waals surface area contributed by atoms with Gasteiger partial charge in [0.1, 0.15) is 5.82 Å². The van der Waals surface area contributed by atoms with E-state index in [1.54, 1.807) is 6.07 Å². The van der Waals surface area contributed by atoms with Gasteiger partial charge >= 0.3 is 0 Å².